The monoisotopic (exact) mass is 387 g/mol. The highest BCUT2D eigenvalue weighted by molar-refractivity contribution is 7.09. The molecule has 2 aromatic carbocycles. The van der Waals surface area contributed by atoms with E-state index >= 15 is 0 Å². The molecule has 0 aliphatic heterocycles. The van der Waals surface area contributed by atoms with Crippen molar-refractivity contribution in [3.8, 4) is 17.0 Å². The normalized spacial score (nSPS) is 10.6. The highest BCUT2D eigenvalue weighted by Gasteiger charge is 2.17. The maximum atomic E-state index is 12.4. The van der Waals surface area contributed by atoms with E-state index in [1.807, 2.05) is 36.6 Å². The molecule has 134 valence electrons. The molecule has 0 bridgehead atoms. The average molecular weight is 388 g/mol. The van der Waals surface area contributed by atoms with Gasteiger partial charge in [-0.2, -0.15) is 0 Å². The number of halogens is 1. The Morgan fingerprint density at radius 2 is 2.04 bits per heavy atom. The van der Waals surface area contributed by atoms with Gasteiger partial charge in [0.05, 0.1) is 17.3 Å². The molecule has 0 atom stereocenters. The van der Waals surface area contributed by atoms with Crippen LogP contribution >= 0.6 is 22.9 Å². The SMILES string of the molecule is CCOC(=O)c1cc(-c2csc(C)n2)ccc1OCc1ccccc1Cl. The molecule has 0 aliphatic rings. The largest absolute Gasteiger partial charge is 0.488 e. The van der Waals surface area contributed by atoms with Gasteiger partial charge < -0.3 is 9.47 Å². The molecule has 6 heteroatoms. The fourth-order valence-electron chi connectivity index (χ4n) is 2.45. The van der Waals surface area contributed by atoms with E-state index in [9.17, 15) is 4.79 Å². The fraction of sp³-hybridized carbons (Fsp3) is 0.200. The molecule has 4 nitrogen and oxygen atoms in total. The molecule has 0 aliphatic carbocycles. The van der Waals surface area contributed by atoms with E-state index in [0.717, 1.165) is 21.8 Å². The van der Waals surface area contributed by atoms with Crippen molar-refractivity contribution in [3.05, 3.63) is 69.0 Å². The maximum Gasteiger partial charge on any atom is 0.341 e. The highest BCUT2D eigenvalue weighted by atomic mass is 35.5. The Morgan fingerprint density at radius 3 is 2.73 bits per heavy atom. The number of aromatic nitrogens is 1. The molecular weight excluding hydrogens is 370 g/mol. The standard InChI is InChI=1S/C20H18ClNO3S/c1-3-24-20(23)16-10-14(18-12-26-13(2)22-18)8-9-19(16)25-11-15-6-4-5-7-17(15)21/h4-10,12H,3,11H2,1-2H3. The number of hydrogen-bond donors (Lipinski definition) is 0. The van der Waals surface area contributed by atoms with Crippen LogP contribution in [0.2, 0.25) is 5.02 Å². The summed E-state index contributed by atoms with van der Waals surface area (Å²) in [6.07, 6.45) is 0. The van der Waals surface area contributed by atoms with Crippen LogP contribution < -0.4 is 4.74 Å². The summed E-state index contributed by atoms with van der Waals surface area (Å²) in [7, 11) is 0. The summed E-state index contributed by atoms with van der Waals surface area (Å²) < 4.78 is 11.0. The van der Waals surface area contributed by atoms with E-state index in [1.165, 1.54) is 0 Å². The summed E-state index contributed by atoms with van der Waals surface area (Å²) >= 11 is 7.74. The van der Waals surface area contributed by atoms with E-state index in [-0.39, 0.29) is 6.61 Å². The van der Waals surface area contributed by atoms with Gasteiger partial charge in [0.2, 0.25) is 0 Å². The molecule has 0 fully saturated rings. The topological polar surface area (TPSA) is 48.4 Å². The Hall–Kier alpha value is -2.37. The van der Waals surface area contributed by atoms with Crippen molar-refractivity contribution < 1.29 is 14.3 Å². The molecule has 0 spiro atoms. The predicted molar refractivity (Wildman–Crippen MR) is 104 cm³/mol. The van der Waals surface area contributed by atoms with Gasteiger partial charge in [0.15, 0.2) is 0 Å². The van der Waals surface area contributed by atoms with Crippen LogP contribution in [0.4, 0.5) is 0 Å². The minimum absolute atomic E-state index is 0.265. The number of carbonyl (C=O) groups is 1. The van der Waals surface area contributed by atoms with Crippen molar-refractivity contribution >= 4 is 28.9 Å². The number of hydrogen-bond acceptors (Lipinski definition) is 5. The third-order valence-electron chi connectivity index (χ3n) is 3.73. The molecule has 3 rings (SSSR count). The number of ether oxygens (including phenoxy) is 2. The first kappa shape index (κ1) is 18.4. The van der Waals surface area contributed by atoms with Gasteiger partial charge in [-0.25, -0.2) is 9.78 Å². The zero-order chi connectivity index (χ0) is 18.5. The second-order valence-corrected chi connectivity index (χ2v) is 7.03. The summed E-state index contributed by atoms with van der Waals surface area (Å²) in [6, 6.07) is 12.9. The number of nitrogens with zero attached hydrogens (tertiary/aromatic N) is 1. The lowest BCUT2D eigenvalue weighted by Gasteiger charge is -2.13. The van der Waals surface area contributed by atoms with Crippen LogP contribution in [0, 0.1) is 6.92 Å². The van der Waals surface area contributed by atoms with Gasteiger partial charge in [-0.05, 0) is 38.1 Å². The highest BCUT2D eigenvalue weighted by Crippen LogP contribution is 2.29. The molecule has 0 amide bonds. The van der Waals surface area contributed by atoms with Gasteiger partial charge in [-0.1, -0.05) is 29.8 Å². The maximum absolute atomic E-state index is 12.4. The van der Waals surface area contributed by atoms with Crippen molar-refractivity contribution in [2.75, 3.05) is 6.61 Å². The van der Waals surface area contributed by atoms with Crippen LogP contribution in [0.25, 0.3) is 11.3 Å². The molecule has 0 N–H and O–H groups in total. The molecule has 1 heterocycles. The average Bonchev–Trinajstić information content (AvgIpc) is 3.07. The summed E-state index contributed by atoms with van der Waals surface area (Å²) in [5.41, 5.74) is 2.91. The molecule has 0 unspecified atom stereocenters. The van der Waals surface area contributed by atoms with Crippen molar-refractivity contribution in [2.45, 2.75) is 20.5 Å². The Balaban J connectivity index is 1.90. The van der Waals surface area contributed by atoms with Gasteiger partial charge in [-0.3, -0.25) is 0 Å². The summed E-state index contributed by atoms with van der Waals surface area (Å²) in [6.45, 7) is 4.28. The number of benzene rings is 2. The third kappa shape index (κ3) is 4.23. The minimum atomic E-state index is -0.421. The van der Waals surface area contributed by atoms with Crippen LogP contribution in [0.15, 0.2) is 47.8 Å². The number of aryl methyl sites for hydroxylation is 1. The van der Waals surface area contributed by atoms with Crippen molar-refractivity contribution in [3.63, 3.8) is 0 Å². The van der Waals surface area contributed by atoms with E-state index in [2.05, 4.69) is 4.98 Å². The van der Waals surface area contributed by atoms with E-state index in [4.69, 9.17) is 21.1 Å². The quantitative estimate of drug-likeness (QED) is 0.522. The zero-order valence-corrected chi connectivity index (χ0v) is 16.1. The second-order valence-electron chi connectivity index (χ2n) is 5.56. The molecule has 3 aromatic rings. The molecule has 0 saturated heterocycles. The van der Waals surface area contributed by atoms with Gasteiger partial charge in [0.1, 0.15) is 17.9 Å². The lowest BCUT2D eigenvalue weighted by atomic mass is 10.1. The van der Waals surface area contributed by atoms with Gasteiger partial charge >= 0.3 is 5.97 Å². The van der Waals surface area contributed by atoms with E-state index in [1.54, 1.807) is 36.5 Å². The Kier molecular flexibility index (Phi) is 5.91. The number of esters is 1. The van der Waals surface area contributed by atoms with E-state index < -0.39 is 5.97 Å². The minimum Gasteiger partial charge on any atom is -0.488 e. The zero-order valence-electron chi connectivity index (χ0n) is 14.5. The lowest BCUT2D eigenvalue weighted by Crippen LogP contribution is -2.08. The van der Waals surface area contributed by atoms with E-state index in [0.29, 0.717) is 22.9 Å². The Morgan fingerprint density at radius 1 is 1.23 bits per heavy atom. The van der Waals surface area contributed by atoms with Crippen LogP contribution in [-0.4, -0.2) is 17.6 Å². The number of rotatable bonds is 6. The Bertz CT molecular complexity index is 923. The second kappa shape index (κ2) is 8.34. The first-order valence-electron chi connectivity index (χ1n) is 8.18. The van der Waals surface area contributed by atoms with Crippen molar-refractivity contribution in [2.24, 2.45) is 0 Å². The first-order valence-corrected chi connectivity index (χ1v) is 9.44. The molecule has 0 saturated carbocycles. The molecule has 26 heavy (non-hydrogen) atoms. The van der Waals surface area contributed by atoms with Crippen molar-refractivity contribution in [1.82, 2.24) is 4.98 Å². The van der Waals surface area contributed by atoms with Crippen LogP contribution in [0.5, 0.6) is 5.75 Å². The van der Waals surface area contributed by atoms with Crippen molar-refractivity contribution in [1.29, 1.82) is 0 Å². The smallest absolute Gasteiger partial charge is 0.341 e. The molecule has 1 aromatic heterocycles. The third-order valence-corrected chi connectivity index (χ3v) is 4.87. The fourth-order valence-corrected chi connectivity index (χ4v) is 3.26. The van der Waals surface area contributed by atoms with Gasteiger partial charge in [-0.15, -0.1) is 11.3 Å². The van der Waals surface area contributed by atoms with Crippen LogP contribution in [-0.2, 0) is 11.3 Å². The van der Waals surface area contributed by atoms with Crippen LogP contribution in [0.1, 0.15) is 27.9 Å². The van der Waals surface area contributed by atoms with Gasteiger partial charge in [0.25, 0.3) is 0 Å². The molecule has 0 radical (unpaired) electrons. The number of carbonyl (C=O) groups excluding carboxylic acids is 1. The predicted octanol–water partition coefficient (Wildman–Crippen LogP) is 5.53. The van der Waals surface area contributed by atoms with Gasteiger partial charge in [0, 0.05) is 21.5 Å². The summed E-state index contributed by atoms with van der Waals surface area (Å²) in [5.74, 6) is 0.0366. The lowest BCUT2D eigenvalue weighted by molar-refractivity contribution is 0.0521. The Labute approximate surface area is 161 Å². The number of thiazole rings is 1. The van der Waals surface area contributed by atoms with Crippen LogP contribution in [0.3, 0.4) is 0 Å². The molecular formula is C20H18ClNO3S. The first-order chi connectivity index (χ1) is 12.6. The summed E-state index contributed by atoms with van der Waals surface area (Å²) in [5, 5.41) is 3.56. The summed E-state index contributed by atoms with van der Waals surface area (Å²) in [4.78, 5) is 16.9.